The molecule has 0 spiro atoms. The van der Waals surface area contributed by atoms with Crippen LogP contribution in [0.5, 0.6) is 0 Å². The summed E-state index contributed by atoms with van der Waals surface area (Å²) in [5.74, 6) is 1.49. The van der Waals surface area contributed by atoms with Crippen LogP contribution in [-0.2, 0) is 9.47 Å². The number of ether oxygens (including phenoxy) is 2. The van der Waals surface area contributed by atoms with Crippen LogP contribution in [0.25, 0.3) is 0 Å². The second kappa shape index (κ2) is 5.98. The van der Waals surface area contributed by atoms with Gasteiger partial charge in [0.25, 0.3) is 0 Å². The average Bonchev–Trinajstić information content (AvgIpc) is 2.68. The Morgan fingerprint density at radius 2 is 1.72 bits per heavy atom. The first kappa shape index (κ1) is 14.7. The maximum atomic E-state index is 5.35. The Morgan fingerprint density at radius 3 is 2.22 bits per heavy atom. The molecule has 0 fully saturated rings. The van der Waals surface area contributed by atoms with Crippen LogP contribution in [0, 0.1) is 19.9 Å². The van der Waals surface area contributed by atoms with Crippen molar-refractivity contribution in [2.24, 2.45) is 0 Å². The van der Waals surface area contributed by atoms with Gasteiger partial charge in [0, 0.05) is 6.04 Å². The zero-order valence-corrected chi connectivity index (χ0v) is 11.6. The molecule has 18 heavy (non-hydrogen) atoms. The summed E-state index contributed by atoms with van der Waals surface area (Å²) in [5.41, 5.74) is 5.39. The minimum Gasteiger partial charge on any atom is -0.531 e. The number of aryl methyl sites for hydroxylation is 2. The van der Waals surface area contributed by atoms with E-state index in [0.29, 0.717) is 5.76 Å². The molecule has 90 valence electrons. The Hall–Kier alpha value is -1.39. The van der Waals surface area contributed by atoms with Gasteiger partial charge in [0.15, 0.2) is 0 Å². The molecule has 4 heteroatoms. The first-order valence-corrected chi connectivity index (χ1v) is 5.46. The van der Waals surface area contributed by atoms with Crippen molar-refractivity contribution in [1.29, 1.82) is 0 Å². The fourth-order valence-corrected chi connectivity index (χ4v) is 1.95. The van der Waals surface area contributed by atoms with Gasteiger partial charge in [-0.2, -0.15) is 5.73 Å². The summed E-state index contributed by atoms with van der Waals surface area (Å²) in [5, 5.41) is 0. The van der Waals surface area contributed by atoms with E-state index in [-0.39, 0.29) is 18.9 Å². The van der Waals surface area contributed by atoms with Crippen molar-refractivity contribution < 1.29 is 28.3 Å². The molecule has 0 aliphatic heterocycles. The second-order valence-electron chi connectivity index (χ2n) is 3.91. The first-order valence-electron chi connectivity index (χ1n) is 5.46. The van der Waals surface area contributed by atoms with Gasteiger partial charge in [-0.1, -0.05) is 32.1 Å². The number of rotatable bonds is 3. The van der Waals surface area contributed by atoms with Crippen molar-refractivity contribution in [3.8, 4) is 0 Å². The molecule has 0 aromatic carbocycles. The van der Waals surface area contributed by atoms with Crippen molar-refractivity contribution >= 4 is 0 Å². The van der Waals surface area contributed by atoms with Crippen molar-refractivity contribution in [3.63, 3.8) is 0 Å². The van der Waals surface area contributed by atoms with Crippen molar-refractivity contribution in [2.45, 2.75) is 13.8 Å². The molecule has 0 unspecified atom stereocenters. The molecule has 2 rings (SSSR count). The van der Waals surface area contributed by atoms with E-state index in [4.69, 9.17) is 9.47 Å². The second-order valence-corrected chi connectivity index (χ2v) is 3.91. The quantitative estimate of drug-likeness (QED) is 0.410. The molecular weight excluding hydrogens is 221 g/mol. The summed E-state index contributed by atoms with van der Waals surface area (Å²) in [6.45, 7) is 4.12. The Labute approximate surface area is 120 Å². The van der Waals surface area contributed by atoms with E-state index < -0.39 is 0 Å². The molecule has 1 aromatic heterocycles. The van der Waals surface area contributed by atoms with Crippen LogP contribution in [0.4, 0.5) is 0 Å². The monoisotopic (exact) mass is 237 g/mol. The van der Waals surface area contributed by atoms with E-state index in [1.807, 2.05) is 6.08 Å². The van der Waals surface area contributed by atoms with E-state index in [1.54, 1.807) is 20.3 Å². The van der Waals surface area contributed by atoms with Gasteiger partial charge in [0.05, 0.1) is 20.0 Å². The summed E-state index contributed by atoms with van der Waals surface area (Å²) in [4.78, 5) is 0. The zero-order valence-electron chi connectivity index (χ0n) is 11.6. The van der Waals surface area contributed by atoms with E-state index in [1.165, 1.54) is 0 Å². The third-order valence-electron chi connectivity index (χ3n) is 2.81. The smallest absolute Gasteiger partial charge is 0.531 e. The molecule has 1 heterocycles. The Morgan fingerprint density at radius 1 is 1.11 bits per heavy atom. The molecule has 0 bridgehead atoms. The number of nitrogens with zero attached hydrogens (tertiary/aromatic N) is 1. The summed E-state index contributed by atoms with van der Waals surface area (Å²) in [6.07, 6.45) is 3.73. The number of hydrogen-bond acceptors (Lipinski definition) is 2. The van der Waals surface area contributed by atoms with Crippen molar-refractivity contribution in [3.05, 3.63) is 59.0 Å². The third-order valence-corrected chi connectivity index (χ3v) is 2.81. The van der Waals surface area contributed by atoms with Crippen LogP contribution in [0.1, 0.15) is 11.4 Å². The predicted octanol–water partition coefficient (Wildman–Crippen LogP) is -0.282. The van der Waals surface area contributed by atoms with E-state index in [2.05, 4.69) is 36.3 Å². The van der Waals surface area contributed by atoms with Gasteiger partial charge in [-0.05, 0) is 17.5 Å². The maximum absolute atomic E-state index is 5.35. The van der Waals surface area contributed by atoms with Gasteiger partial charge in [0.1, 0.15) is 5.76 Å². The average molecular weight is 237 g/mol. The number of hydrogen-bond donors (Lipinski definition) is 0. The van der Waals surface area contributed by atoms with Gasteiger partial charge in [-0.25, -0.2) is 0 Å². The summed E-state index contributed by atoms with van der Waals surface area (Å²) < 4.78 is 12.7. The molecule has 0 saturated carbocycles. The number of allylic oxidation sites excluding steroid dienone is 1. The molecule has 1 aliphatic carbocycles. The number of methoxy groups -OCH3 is 2. The molecule has 0 N–H and O–H groups in total. The normalized spacial score (nSPS) is 13.7. The Bertz CT molecular complexity index is 502. The van der Waals surface area contributed by atoms with Gasteiger partial charge in [-0.15, -0.1) is 0 Å². The minimum absolute atomic E-state index is 0. The summed E-state index contributed by atoms with van der Waals surface area (Å²) in [6, 6.07) is 5.11. The Kier molecular flexibility index (Phi) is 4.87. The summed E-state index contributed by atoms with van der Waals surface area (Å²) in [7, 11) is 3.30. The molecule has 1 aromatic rings. The topological polar surface area (TPSA) is 23.4 Å². The largest absolute Gasteiger partial charge is 1.00 e. The maximum Gasteiger partial charge on any atom is 1.00 e. The summed E-state index contributed by atoms with van der Waals surface area (Å²) >= 11 is 0. The van der Waals surface area contributed by atoms with Crippen LogP contribution in [-0.4, -0.2) is 18.8 Å². The molecule has 0 atom stereocenters. The van der Waals surface area contributed by atoms with Gasteiger partial charge < -0.3 is 14.0 Å². The molecular formula is C14H16LiNO2. The standard InChI is InChI=1S/C14H16NO2.Li/c1-10-5-6-11(2)15(10)13-9-12(16-3)7-8-14(13)17-4;/h5-7,9H,1-4H3;/q-1;+1. The van der Waals surface area contributed by atoms with Gasteiger partial charge in [0.2, 0.25) is 0 Å². The minimum atomic E-state index is 0. The Balaban J connectivity index is 0.00000162. The van der Waals surface area contributed by atoms with Crippen LogP contribution in [0.15, 0.2) is 41.5 Å². The third kappa shape index (κ3) is 2.54. The fraction of sp³-hybridized carbons (Fsp3) is 0.286. The van der Waals surface area contributed by atoms with Gasteiger partial charge >= 0.3 is 18.9 Å². The van der Waals surface area contributed by atoms with Crippen LogP contribution in [0.2, 0.25) is 0 Å². The molecule has 3 nitrogen and oxygen atoms in total. The van der Waals surface area contributed by atoms with E-state index in [0.717, 1.165) is 23.2 Å². The molecule has 0 radical (unpaired) electrons. The molecule has 0 saturated heterocycles. The van der Waals surface area contributed by atoms with E-state index >= 15 is 0 Å². The fourth-order valence-electron chi connectivity index (χ4n) is 1.95. The van der Waals surface area contributed by atoms with Crippen LogP contribution < -0.4 is 18.9 Å². The van der Waals surface area contributed by atoms with Crippen molar-refractivity contribution in [2.75, 3.05) is 14.2 Å². The van der Waals surface area contributed by atoms with Gasteiger partial charge in [-0.3, -0.25) is 0 Å². The SMILES string of the molecule is COC1=C=CC(OC)=C[C-]1n1c(C)ccc1C.[Li+]. The number of aromatic nitrogens is 1. The van der Waals surface area contributed by atoms with Crippen molar-refractivity contribution in [1.82, 2.24) is 4.57 Å². The molecule has 1 aliphatic rings. The first-order chi connectivity index (χ1) is 8.17. The van der Waals surface area contributed by atoms with Crippen LogP contribution >= 0.6 is 0 Å². The predicted molar refractivity (Wildman–Crippen MR) is 66.2 cm³/mol. The van der Waals surface area contributed by atoms with E-state index in [9.17, 15) is 0 Å². The van der Waals surface area contributed by atoms with Crippen LogP contribution in [0.3, 0.4) is 0 Å². The molecule has 0 amide bonds. The zero-order chi connectivity index (χ0) is 12.4.